The van der Waals surface area contributed by atoms with Crippen molar-refractivity contribution in [3.63, 3.8) is 0 Å². The van der Waals surface area contributed by atoms with Crippen LogP contribution in [0.5, 0.6) is 11.8 Å². The number of amides is 1. The fourth-order valence-corrected chi connectivity index (χ4v) is 2.19. The number of carbonyl (C=O) groups is 1. The molecule has 0 aliphatic carbocycles. The Kier molecular flexibility index (Phi) is 4.47. The molecule has 6 nitrogen and oxygen atoms in total. The van der Waals surface area contributed by atoms with Gasteiger partial charge in [-0.2, -0.15) is 0 Å². The summed E-state index contributed by atoms with van der Waals surface area (Å²) in [7, 11) is 0. The van der Waals surface area contributed by atoms with Crippen LogP contribution in [0.25, 0.3) is 0 Å². The molecule has 0 aliphatic rings. The molecule has 6 heteroatoms. The number of hydrogen-bond donors (Lipinski definition) is 1. The van der Waals surface area contributed by atoms with Gasteiger partial charge in [0, 0.05) is 41.1 Å². The number of pyridine rings is 1. The van der Waals surface area contributed by atoms with Crippen LogP contribution in [0, 0.1) is 13.8 Å². The Bertz CT molecular complexity index is 846. The Morgan fingerprint density at radius 3 is 2.42 bits per heavy atom. The summed E-state index contributed by atoms with van der Waals surface area (Å²) in [6.45, 7) is 3.76. The zero-order valence-corrected chi connectivity index (χ0v) is 13.4. The number of carbonyl (C=O) groups excluding carboxylic acids is 1. The van der Waals surface area contributed by atoms with Crippen LogP contribution in [-0.4, -0.2) is 20.9 Å². The lowest BCUT2D eigenvalue weighted by molar-refractivity contribution is 0.102. The van der Waals surface area contributed by atoms with Gasteiger partial charge in [0.15, 0.2) is 0 Å². The molecule has 2 heterocycles. The minimum Gasteiger partial charge on any atom is -0.424 e. The Morgan fingerprint density at radius 2 is 1.71 bits per heavy atom. The first kappa shape index (κ1) is 15.6. The second-order valence-electron chi connectivity index (χ2n) is 5.25. The van der Waals surface area contributed by atoms with Gasteiger partial charge in [-0.1, -0.05) is 6.07 Å². The fraction of sp³-hybridized carbons (Fsp3) is 0.111. The quantitative estimate of drug-likeness (QED) is 0.795. The van der Waals surface area contributed by atoms with Gasteiger partial charge >= 0.3 is 6.01 Å². The topological polar surface area (TPSA) is 77.0 Å². The van der Waals surface area contributed by atoms with Crippen molar-refractivity contribution in [2.75, 3.05) is 5.32 Å². The van der Waals surface area contributed by atoms with Crippen molar-refractivity contribution in [2.24, 2.45) is 0 Å². The highest BCUT2D eigenvalue weighted by Gasteiger charge is 2.07. The maximum absolute atomic E-state index is 12.2. The van der Waals surface area contributed by atoms with Crippen LogP contribution in [0.3, 0.4) is 0 Å². The number of ether oxygens (including phenoxy) is 1. The van der Waals surface area contributed by atoms with Crippen molar-refractivity contribution in [1.82, 2.24) is 15.0 Å². The highest BCUT2D eigenvalue weighted by atomic mass is 16.5. The van der Waals surface area contributed by atoms with Crippen LogP contribution in [0.4, 0.5) is 5.69 Å². The summed E-state index contributed by atoms with van der Waals surface area (Å²) in [5.74, 6) is 0.338. The summed E-state index contributed by atoms with van der Waals surface area (Å²) in [6.07, 6.45) is 3.15. The molecular weight excluding hydrogens is 304 g/mol. The van der Waals surface area contributed by atoms with Crippen LogP contribution >= 0.6 is 0 Å². The standard InChI is InChI=1S/C18H16N4O2/c1-12-10-13(2)21-18(20-12)24-16-5-3-4-15(11-16)22-17(23)14-6-8-19-9-7-14/h3-11H,1-2H3,(H,22,23). The monoisotopic (exact) mass is 320 g/mol. The highest BCUT2D eigenvalue weighted by molar-refractivity contribution is 6.04. The van der Waals surface area contributed by atoms with Crippen LogP contribution in [-0.2, 0) is 0 Å². The van der Waals surface area contributed by atoms with Gasteiger partial charge in [-0.3, -0.25) is 9.78 Å². The summed E-state index contributed by atoms with van der Waals surface area (Å²) in [6, 6.07) is 12.5. The number of rotatable bonds is 4. The first-order chi connectivity index (χ1) is 11.6. The summed E-state index contributed by atoms with van der Waals surface area (Å²) in [5.41, 5.74) is 2.83. The van der Waals surface area contributed by atoms with Crippen molar-refractivity contribution < 1.29 is 9.53 Å². The molecule has 2 aromatic heterocycles. The highest BCUT2D eigenvalue weighted by Crippen LogP contribution is 2.22. The third-order valence-electron chi connectivity index (χ3n) is 3.21. The van der Waals surface area contributed by atoms with Gasteiger partial charge in [0.05, 0.1) is 0 Å². The van der Waals surface area contributed by atoms with Crippen molar-refractivity contribution in [3.05, 3.63) is 71.8 Å². The Hall–Kier alpha value is -3.28. The van der Waals surface area contributed by atoms with E-state index in [1.54, 1.807) is 48.8 Å². The predicted molar refractivity (Wildman–Crippen MR) is 90.2 cm³/mol. The number of nitrogens with one attached hydrogen (secondary N) is 1. The van der Waals surface area contributed by atoms with Gasteiger partial charge in [0.2, 0.25) is 0 Å². The number of hydrogen-bond acceptors (Lipinski definition) is 5. The molecule has 3 rings (SSSR count). The van der Waals surface area contributed by atoms with E-state index in [9.17, 15) is 4.79 Å². The van der Waals surface area contributed by atoms with Gasteiger partial charge in [0.25, 0.3) is 5.91 Å². The molecule has 0 fully saturated rings. The lowest BCUT2D eigenvalue weighted by Crippen LogP contribution is -2.11. The Morgan fingerprint density at radius 1 is 1.00 bits per heavy atom. The number of nitrogens with zero attached hydrogens (tertiary/aromatic N) is 3. The lowest BCUT2D eigenvalue weighted by atomic mass is 10.2. The average Bonchev–Trinajstić information content (AvgIpc) is 2.55. The molecule has 0 bridgehead atoms. The SMILES string of the molecule is Cc1cc(C)nc(Oc2cccc(NC(=O)c3ccncc3)c2)n1. The van der Waals surface area contributed by atoms with Crippen LogP contribution in [0.1, 0.15) is 21.7 Å². The average molecular weight is 320 g/mol. The van der Waals surface area contributed by atoms with E-state index < -0.39 is 0 Å². The van der Waals surface area contributed by atoms with Gasteiger partial charge in [-0.15, -0.1) is 0 Å². The van der Waals surface area contributed by atoms with E-state index in [-0.39, 0.29) is 11.9 Å². The van der Waals surface area contributed by atoms with Crippen LogP contribution in [0.2, 0.25) is 0 Å². The molecule has 120 valence electrons. The molecule has 0 saturated carbocycles. The second kappa shape index (κ2) is 6.87. The third-order valence-corrected chi connectivity index (χ3v) is 3.21. The number of benzene rings is 1. The lowest BCUT2D eigenvalue weighted by Gasteiger charge is -2.08. The molecule has 0 radical (unpaired) electrons. The van der Waals surface area contributed by atoms with Crippen LogP contribution < -0.4 is 10.1 Å². The number of aromatic nitrogens is 3. The second-order valence-corrected chi connectivity index (χ2v) is 5.25. The summed E-state index contributed by atoms with van der Waals surface area (Å²) in [4.78, 5) is 24.5. The Balaban J connectivity index is 1.75. The summed E-state index contributed by atoms with van der Waals surface area (Å²) < 4.78 is 5.68. The van der Waals surface area contributed by atoms with Gasteiger partial charge in [-0.25, -0.2) is 9.97 Å². The van der Waals surface area contributed by atoms with Crippen molar-refractivity contribution in [2.45, 2.75) is 13.8 Å². The zero-order valence-electron chi connectivity index (χ0n) is 13.4. The van der Waals surface area contributed by atoms with Crippen molar-refractivity contribution >= 4 is 11.6 Å². The van der Waals surface area contributed by atoms with Crippen LogP contribution in [0.15, 0.2) is 54.9 Å². The van der Waals surface area contributed by atoms with Crippen molar-refractivity contribution in [3.8, 4) is 11.8 Å². The van der Waals surface area contributed by atoms with E-state index in [0.29, 0.717) is 17.0 Å². The molecule has 1 N–H and O–H groups in total. The molecule has 1 amide bonds. The Labute approximate surface area is 139 Å². The predicted octanol–water partition coefficient (Wildman–Crippen LogP) is 3.53. The molecule has 0 spiro atoms. The fourth-order valence-electron chi connectivity index (χ4n) is 2.19. The van der Waals surface area contributed by atoms with Crippen molar-refractivity contribution in [1.29, 1.82) is 0 Å². The van der Waals surface area contributed by atoms with E-state index in [1.807, 2.05) is 19.9 Å². The molecule has 3 aromatic rings. The van der Waals surface area contributed by atoms with Gasteiger partial charge in [0.1, 0.15) is 5.75 Å². The molecular formula is C18H16N4O2. The zero-order chi connectivity index (χ0) is 16.9. The first-order valence-corrected chi connectivity index (χ1v) is 7.42. The van der Waals surface area contributed by atoms with E-state index >= 15 is 0 Å². The van der Waals surface area contributed by atoms with Gasteiger partial charge in [-0.05, 0) is 44.2 Å². The number of anilines is 1. The summed E-state index contributed by atoms with van der Waals surface area (Å²) >= 11 is 0. The third kappa shape index (κ3) is 3.92. The minimum absolute atomic E-state index is 0.211. The normalized spacial score (nSPS) is 10.2. The summed E-state index contributed by atoms with van der Waals surface area (Å²) in [5, 5.41) is 2.82. The molecule has 0 unspecified atom stereocenters. The van der Waals surface area contributed by atoms with E-state index in [2.05, 4.69) is 20.3 Å². The molecule has 0 saturated heterocycles. The molecule has 1 aromatic carbocycles. The van der Waals surface area contributed by atoms with E-state index in [1.165, 1.54) is 0 Å². The molecule has 24 heavy (non-hydrogen) atoms. The molecule has 0 atom stereocenters. The maximum atomic E-state index is 12.2. The van der Waals surface area contributed by atoms with E-state index in [0.717, 1.165) is 11.4 Å². The maximum Gasteiger partial charge on any atom is 0.322 e. The largest absolute Gasteiger partial charge is 0.424 e. The van der Waals surface area contributed by atoms with Gasteiger partial charge < -0.3 is 10.1 Å². The minimum atomic E-state index is -0.211. The smallest absolute Gasteiger partial charge is 0.322 e. The first-order valence-electron chi connectivity index (χ1n) is 7.42. The molecule has 0 aliphatic heterocycles. The number of aryl methyl sites for hydroxylation is 2. The van der Waals surface area contributed by atoms with E-state index in [4.69, 9.17) is 4.74 Å².